The van der Waals surface area contributed by atoms with Crippen LogP contribution in [0.15, 0.2) is 22.7 Å². The van der Waals surface area contributed by atoms with Crippen LogP contribution in [0.5, 0.6) is 0 Å². The Kier molecular flexibility index (Phi) is 3.89. The topological polar surface area (TPSA) is 29.1 Å². The Labute approximate surface area is 129 Å². The number of ketones is 1. The van der Waals surface area contributed by atoms with Crippen LogP contribution >= 0.6 is 15.9 Å². The first-order valence-electron chi connectivity index (χ1n) is 7.74. The molecule has 0 unspecified atom stereocenters. The maximum absolute atomic E-state index is 12.0. The van der Waals surface area contributed by atoms with E-state index in [1.54, 1.807) is 0 Å². The molecule has 2 aliphatic rings. The summed E-state index contributed by atoms with van der Waals surface area (Å²) in [5.74, 6) is 0.374. The molecule has 1 aliphatic heterocycles. The summed E-state index contributed by atoms with van der Waals surface area (Å²) in [5, 5.41) is 3.65. The van der Waals surface area contributed by atoms with E-state index in [4.69, 9.17) is 0 Å². The Morgan fingerprint density at radius 1 is 1.35 bits per heavy atom. The van der Waals surface area contributed by atoms with Crippen molar-refractivity contribution in [1.29, 1.82) is 0 Å². The quantitative estimate of drug-likeness (QED) is 0.858. The van der Waals surface area contributed by atoms with E-state index in [9.17, 15) is 4.79 Å². The van der Waals surface area contributed by atoms with Crippen LogP contribution in [0.1, 0.15) is 57.4 Å². The molecule has 1 N–H and O–H groups in total. The van der Waals surface area contributed by atoms with Crippen molar-refractivity contribution >= 4 is 27.4 Å². The van der Waals surface area contributed by atoms with Gasteiger partial charge in [0.15, 0.2) is 0 Å². The van der Waals surface area contributed by atoms with Gasteiger partial charge >= 0.3 is 0 Å². The van der Waals surface area contributed by atoms with Gasteiger partial charge in [0, 0.05) is 34.5 Å². The fourth-order valence-corrected chi connectivity index (χ4v) is 4.35. The van der Waals surface area contributed by atoms with Gasteiger partial charge in [-0.05, 0) is 36.6 Å². The number of hydrogen-bond acceptors (Lipinski definition) is 2. The van der Waals surface area contributed by atoms with Crippen LogP contribution in [0.2, 0.25) is 0 Å². The molecule has 1 saturated carbocycles. The van der Waals surface area contributed by atoms with Gasteiger partial charge < -0.3 is 5.32 Å². The number of anilines is 1. The lowest BCUT2D eigenvalue weighted by atomic mass is 9.65. The lowest BCUT2D eigenvalue weighted by Gasteiger charge is -2.39. The molecule has 1 aliphatic carbocycles. The van der Waals surface area contributed by atoms with Crippen molar-refractivity contribution in [3.8, 4) is 0 Å². The van der Waals surface area contributed by atoms with E-state index in [0.717, 1.165) is 4.47 Å². The van der Waals surface area contributed by atoms with Gasteiger partial charge in [0.25, 0.3) is 0 Å². The molecule has 0 amide bonds. The van der Waals surface area contributed by atoms with Gasteiger partial charge in [0.1, 0.15) is 5.78 Å². The SMILES string of the molecule is CCC(=O)C[C@H]1Nc2ccc(Br)cc2C12CCCCC2. The second-order valence-electron chi connectivity index (χ2n) is 6.20. The highest BCUT2D eigenvalue weighted by molar-refractivity contribution is 9.10. The highest BCUT2D eigenvalue weighted by Crippen LogP contribution is 2.51. The van der Waals surface area contributed by atoms with Crippen LogP contribution < -0.4 is 5.32 Å². The Morgan fingerprint density at radius 2 is 2.10 bits per heavy atom. The van der Waals surface area contributed by atoms with E-state index < -0.39 is 0 Å². The van der Waals surface area contributed by atoms with Crippen molar-refractivity contribution in [3.63, 3.8) is 0 Å². The molecule has 1 fully saturated rings. The molecule has 1 aromatic rings. The lowest BCUT2D eigenvalue weighted by Crippen LogP contribution is -2.41. The zero-order chi connectivity index (χ0) is 14.2. The van der Waals surface area contributed by atoms with Crippen molar-refractivity contribution in [1.82, 2.24) is 0 Å². The molecule has 0 radical (unpaired) electrons. The van der Waals surface area contributed by atoms with Crippen molar-refractivity contribution < 1.29 is 4.79 Å². The van der Waals surface area contributed by atoms with Crippen LogP contribution in [-0.4, -0.2) is 11.8 Å². The number of halogens is 1. The third kappa shape index (κ3) is 2.30. The van der Waals surface area contributed by atoms with E-state index >= 15 is 0 Å². The van der Waals surface area contributed by atoms with Crippen LogP contribution in [0.25, 0.3) is 0 Å². The van der Waals surface area contributed by atoms with Gasteiger partial charge in [0.05, 0.1) is 0 Å². The number of rotatable bonds is 3. The molecule has 108 valence electrons. The van der Waals surface area contributed by atoms with Crippen LogP contribution in [0.4, 0.5) is 5.69 Å². The number of hydrogen-bond donors (Lipinski definition) is 1. The first-order chi connectivity index (χ1) is 9.65. The molecule has 1 atom stereocenters. The molecule has 0 bridgehead atoms. The largest absolute Gasteiger partial charge is 0.381 e. The van der Waals surface area contributed by atoms with Gasteiger partial charge in [0.2, 0.25) is 0 Å². The van der Waals surface area contributed by atoms with E-state index in [1.165, 1.54) is 43.4 Å². The molecule has 3 heteroatoms. The zero-order valence-corrected chi connectivity index (χ0v) is 13.6. The minimum Gasteiger partial charge on any atom is -0.381 e. The van der Waals surface area contributed by atoms with Gasteiger partial charge in [-0.1, -0.05) is 42.1 Å². The Bertz CT molecular complexity index is 520. The summed E-state index contributed by atoms with van der Waals surface area (Å²) in [6.45, 7) is 1.97. The Balaban J connectivity index is 1.99. The molecular weight excluding hydrogens is 314 g/mol. The number of benzene rings is 1. The lowest BCUT2D eigenvalue weighted by molar-refractivity contribution is -0.119. The minimum atomic E-state index is 0.183. The van der Waals surface area contributed by atoms with Gasteiger partial charge in [-0.25, -0.2) is 0 Å². The average molecular weight is 336 g/mol. The molecule has 1 spiro atoms. The first kappa shape index (κ1) is 14.1. The second-order valence-corrected chi connectivity index (χ2v) is 7.12. The standard InChI is InChI=1S/C17H22BrNO/c1-2-13(20)11-16-17(8-4-3-5-9-17)14-10-12(18)6-7-15(14)19-16/h6-7,10,16,19H,2-5,8-9,11H2,1H3/t16-/m1/s1. The number of fused-ring (bicyclic) bond motifs is 2. The Morgan fingerprint density at radius 3 is 2.80 bits per heavy atom. The molecule has 20 heavy (non-hydrogen) atoms. The maximum atomic E-state index is 12.0. The first-order valence-corrected chi connectivity index (χ1v) is 8.53. The van der Waals surface area contributed by atoms with Crippen LogP contribution in [0, 0.1) is 0 Å². The molecule has 0 aromatic heterocycles. The predicted octanol–water partition coefficient (Wildman–Crippen LogP) is 4.81. The third-order valence-corrected chi connectivity index (χ3v) is 5.58. The monoisotopic (exact) mass is 335 g/mol. The summed E-state index contributed by atoms with van der Waals surface area (Å²) in [7, 11) is 0. The summed E-state index contributed by atoms with van der Waals surface area (Å²) < 4.78 is 1.14. The molecule has 1 heterocycles. The fourth-order valence-electron chi connectivity index (χ4n) is 3.99. The van der Waals surface area contributed by atoms with E-state index in [0.29, 0.717) is 24.7 Å². The molecule has 0 saturated heterocycles. The smallest absolute Gasteiger partial charge is 0.134 e. The average Bonchev–Trinajstić information content (AvgIpc) is 2.74. The van der Waals surface area contributed by atoms with Gasteiger partial charge in [-0.15, -0.1) is 0 Å². The van der Waals surface area contributed by atoms with Crippen molar-refractivity contribution in [3.05, 3.63) is 28.2 Å². The summed E-state index contributed by atoms with van der Waals surface area (Å²) in [6.07, 6.45) is 7.64. The summed E-state index contributed by atoms with van der Waals surface area (Å²) in [6, 6.07) is 6.81. The van der Waals surface area contributed by atoms with Crippen molar-refractivity contribution in [2.75, 3.05) is 5.32 Å². The normalized spacial score (nSPS) is 23.4. The number of carbonyl (C=O) groups excluding carboxylic acids is 1. The maximum Gasteiger partial charge on any atom is 0.134 e. The summed E-state index contributed by atoms with van der Waals surface area (Å²) in [4.78, 5) is 12.0. The van der Waals surface area contributed by atoms with Crippen LogP contribution in [-0.2, 0) is 10.2 Å². The van der Waals surface area contributed by atoms with Gasteiger partial charge in [-0.3, -0.25) is 4.79 Å². The molecule has 1 aromatic carbocycles. The third-order valence-electron chi connectivity index (χ3n) is 5.09. The predicted molar refractivity (Wildman–Crippen MR) is 86.2 cm³/mol. The highest BCUT2D eigenvalue weighted by Gasteiger charge is 2.47. The number of Topliss-reactive ketones (excluding diaryl/α,β-unsaturated/α-hetero) is 1. The van der Waals surface area contributed by atoms with Crippen LogP contribution in [0.3, 0.4) is 0 Å². The molecular formula is C17H22BrNO. The number of carbonyl (C=O) groups is 1. The summed E-state index contributed by atoms with van der Waals surface area (Å²) in [5.41, 5.74) is 2.85. The van der Waals surface area contributed by atoms with Crippen molar-refractivity contribution in [2.24, 2.45) is 0 Å². The van der Waals surface area contributed by atoms with E-state index in [2.05, 4.69) is 39.4 Å². The minimum absolute atomic E-state index is 0.183. The fraction of sp³-hybridized carbons (Fsp3) is 0.588. The zero-order valence-electron chi connectivity index (χ0n) is 12.0. The highest BCUT2D eigenvalue weighted by atomic mass is 79.9. The molecule has 3 rings (SSSR count). The van der Waals surface area contributed by atoms with Gasteiger partial charge in [-0.2, -0.15) is 0 Å². The number of nitrogens with one attached hydrogen (secondary N) is 1. The Hall–Kier alpha value is -0.830. The van der Waals surface area contributed by atoms with Crippen molar-refractivity contribution in [2.45, 2.75) is 63.3 Å². The van der Waals surface area contributed by atoms with E-state index in [-0.39, 0.29) is 5.41 Å². The summed E-state index contributed by atoms with van der Waals surface area (Å²) >= 11 is 3.60. The second kappa shape index (κ2) is 5.51. The molecule has 2 nitrogen and oxygen atoms in total. The van der Waals surface area contributed by atoms with E-state index in [1.807, 2.05) is 6.92 Å².